The fourth-order valence-corrected chi connectivity index (χ4v) is 3.67. The van der Waals surface area contributed by atoms with Gasteiger partial charge in [-0.3, -0.25) is 19.3 Å². The first-order valence-corrected chi connectivity index (χ1v) is 11.6. The van der Waals surface area contributed by atoms with Crippen molar-refractivity contribution in [3.05, 3.63) is 76.7 Å². The molecule has 2 aromatic carbocycles. The van der Waals surface area contributed by atoms with E-state index >= 15 is 0 Å². The molecule has 8 nitrogen and oxygen atoms in total. The smallest absolute Gasteiger partial charge is 0.287 e. The number of nitrogens with one attached hydrogen (secondary N) is 1. The van der Waals surface area contributed by atoms with E-state index in [1.54, 1.807) is 54.6 Å². The molecule has 35 heavy (non-hydrogen) atoms. The second-order valence-corrected chi connectivity index (χ2v) is 8.55. The van der Waals surface area contributed by atoms with Gasteiger partial charge in [0.15, 0.2) is 24.8 Å². The number of halogens is 1. The molecule has 3 aromatic rings. The molecule has 2 amide bonds. The van der Waals surface area contributed by atoms with Crippen molar-refractivity contribution in [2.75, 3.05) is 18.1 Å². The highest BCUT2D eigenvalue weighted by molar-refractivity contribution is 6.32. The third-order valence-corrected chi connectivity index (χ3v) is 5.92. The molecule has 0 saturated heterocycles. The summed E-state index contributed by atoms with van der Waals surface area (Å²) in [4.78, 5) is 39.2. The van der Waals surface area contributed by atoms with Crippen molar-refractivity contribution in [3.8, 4) is 11.5 Å². The third-order valence-electron chi connectivity index (χ3n) is 5.61. The van der Waals surface area contributed by atoms with E-state index in [1.807, 2.05) is 13.8 Å². The van der Waals surface area contributed by atoms with E-state index in [9.17, 15) is 14.4 Å². The summed E-state index contributed by atoms with van der Waals surface area (Å²) < 4.78 is 16.8. The van der Waals surface area contributed by atoms with Gasteiger partial charge in [0.2, 0.25) is 0 Å². The highest BCUT2D eigenvalue weighted by atomic mass is 35.5. The molecule has 182 valence electrons. The molecule has 1 aromatic heterocycles. The maximum atomic E-state index is 12.8. The number of anilines is 1. The first-order valence-electron chi connectivity index (χ1n) is 11.2. The molecule has 0 aliphatic carbocycles. The number of benzene rings is 2. The number of ketones is 1. The maximum absolute atomic E-state index is 12.8. The van der Waals surface area contributed by atoms with Crippen molar-refractivity contribution in [2.24, 2.45) is 0 Å². The van der Waals surface area contributed by atoms with Gasteiger partial charge in [0.05, 0.1) is 17.3 Å². The van der Waals surface area contributed by atoms with Crippen LogP contribution < -0.4 is 19.7 Å². The van der Waals surface area contributed by atoms with E-state index in [1.165, 1.54) is 4.90 Å². The number of carbonyl (C=O) groups excluding carboxylic acids is 3. The van der Waals surface area contributed by atoms with Crippen LogP contribution in [0.3, 0.4) is 0 Å². The van der Waals surface area contributed by atoms with Crippen LogP contribution in [0, 0.1) is 0 Å². The molecule has 1 N–H and O–H groups in total. The number of fused-ring (bicyclic) bond motifs is 1. The van der Waals surface area contributed by atoms with Gasteiger partial charge in [0.25, 0.3) is 11.8 Å². The molecule has 1 unspecified atom stereocenters. The second kappa shape index (κ2) is 10.7. The van der Waals surface area contributed by atoms with Crippen LogP contribution >= 0.6 is 11.6 Å². The van der Waals surface area contributed by atoms with E-state index in [0.717, 1.165) is 6.42 Å². The largest absolute Gasteiger partial charge is 0.484 e. The number of hydrogen-bond acceptors (Lipinski definition) is 6. The lowest BCUT2D eigenvalue weighted by Crippen LogP contribution is -2.38. The predicted molar refractivity (Wildman–Crippen MR) is 130 cm³/mol. The minimum absolute atomic E-state index is 0.0154. The van der Waals surface area contributed by atoms with E-state index in [-0.39, 0.29) is 49.2 Å². The van der Waals surface area contributed by atoms with Crippen LogP contribution in [0.5, 0.6) is 11.5 Å². The normalized spacial score (nSPS) is 13.6. The van der Waals surface area contributed by atoms with Crippen molar-refractivity contribution in [2.45, 2.75) is 32.9 Å². The topological polar surface area (TPSA) is 98.1 Å². The minimum Gasteiger partial charge on any atom is -0.484 e. The summed E-state index contributed by atoms with van der Waals surface area (Å²) in [5.74, 6) is 0.581. The Labute approximate surface area is 207 Å². The molecule has 0 radical (unpaired) electrons. The van der Waals surface area contributed by atoms with Gasteiger partial charge in [-0.05, 0) is 55.8 Å². The molecule has 0 bridgehead atoms. The Kier molecular flexibility index (Phi) is 7.41. The zero-order chi connectivity index (χ0) is 24.9. The Balaban J connectivity index is 1.50. The number of carbonyl (C=O) groups is 3. The van der Waals surface area contributed by atoms with Gasteiger partial charge >= 0.3 is 0 Å². The Morgan fingerprint density at radius 3 is 2.74 bits per heavy atom. The number of furan rings is 1. The molecular formula is C26H25ClN2O6. The standard InChI is InChI=1S/C26H25ClN2O6/c1-3-16(2)28-26(32)24-11-9-18(35-24)13-29-20-12-17(8-10-23(20)34-15-25(29)31)21(30)14-33-22-7-5-4-6-19(22)27/h4-12,16H,3,13-15H2,1-2H3,(H,28,32). The summed E-state index contributed by atoms with van der Waals surface area (Å²) in [5.41, 5.74) is 0.791. The molecular weight excluding hydrogens is 472 g/mol. The van der Waals surface area contributed by atoms with E-state index < -0.39 is 0 Å². The highest BCUT2D eigenvalue weighted by Gasteiger charge is 2.28. The van der Waals surface area contributed by atoms with E-state index in [4.69, 9.17) is 25.5 Å². The molecule has 0 saturated carbocycles. The lowest BCUT2D eigenvalue weighted by atomic mass is 10.1. The Morgan fingerprint density at radius 1 is 1.17 bits per heavy atom. The van der Waals surface area contributed by atoms with Crippen LogP contribution in [0.1, 0.15) is 46.9 Å². The Morgan fingerprint density at radius 2 is 1.97 bits per heavy atom. The van der Waals surface area contributed by atoms with Crippen molar-refractivity contribution >= 4 is 34.9 Å². The average molecular weight is 497 g/mol. The number of Topliss-reactive ketones (excluding diaryl/α,β-unsaturated/α-hetero) is 1. The fraction of sp³-hybridized carbons (Fsp3) is 0.269. The van der Waals surface area contributed by atoms with Crippen LogP contribution in [0.15, 0.2) is 59.0 Å². The van der Waals surface area contributed by atoms with Crippen molar-refractivity contribution in [3.63, 3.8) is 0 Å². The number of hydrogen-bond donors (Lipinski definition) is 1. The maximum Gasteiger partial charge on any atom is 0.287 e. The minimum atomic E-state index is -0.314. The van der Waals surface area contributed by atoms with Crippen LogP contribution in [0.25, 0.3) is 0 Å². The van der Waals surface area contributed by atoms with E-state index in [0.29, 0.717) is 33.5 Å². The number of nitrogens with zero attached hydrogens (tertiary/aromatic N) is 1. The quantitative estimate of drug-likeness (QED) is 0.433. The second-order valence-electron chi connectivity index (χ2n) is 8.14. The van der Waals surface area contributed by atoms with Crippen LogP contribution in [0.2, 0.25) is 5.02 Å². The van der Waals surface area contributed by atoms with Crippen LogP contribution in [-0.4, -0.2) is 36.9 Å². The van der Waals surface area contributed by atoms with Crippen LogP contribution in [-0.2, 0) is 11.3 Å². The SMILES string of the molecule is CCC(C)NC(=O)c1ccc(CN2C(=O)COc3ccc(C(=O)COc4ccccc4Cl)cc32)o1. The van der Waals surface area contributed by atoms with Gasteiger partial charge in [-0.1, -0.05) is 30.7 Å². The summed E-state index contributed by atoms with van der Waals surface area (Å²) in [5, 5.41) is 3.25. The summed E-state index contributed by atoms with van der Waals surface area (Å²) in [6, 6.07) is 15.0. The van der Waals surface area contributed by atoms with Gasteiger partial charge in [-0.2, -0.15) is 0 Å². The van der Waals surface area contributed by atoms with E-state index in [2.05, 4.69) is 5.32 Å². The van der Waals surface area contributed by atoms with Crippen LogP contribution in [0.4, 0.5) is 5.69 Å². The molecule has 1 atom stereocenters. The summed E-state index contributed by atoms with van der Waals surface area (Å²) in [6.07, 6.45) is 0.794. The number of ether oxygens (including phenoxy) is 2. The van der Waals surface area contributed by atoms with Gasteiger partial charge in [0.1, 0.15) is 17.3 Å². The highest BCUT2D eigenvalue weighted by Crippen LogP contribution is 2.34. The molecule has 1 aliphatic heterocycles. The van der Waals surface area contributed by atoms with Gasteiger partial charge in [-0.25, -0.2) is 0 Å². The number of rotatable bonds is 9. The molecule has 1 aliphatic rings. The average Bonchev–Trinajstić information content (AvgIpc) is 3.33. The van der Waals surface area contributed by atoms with Gasteiger partial charge in [0, 0.05) is 11.6 Å². The van der Waals surface area contributed by atoms with Gasteiger partial charge in [-0.15, -0.1) is 0 Å². The summed E-state index contributed by atoms with van der Waals surface area (Å²) in [7, 11) is 0. The monoisotopic (exact) mass is 496 g/mol. The van der Waals surface area contributed by atoms with Crippen molar-refractivity contribution in [1.82, 2.24) is 5.32 Å². The number of amides is 2. The lowest BCUT2D eigenvalue weighted by Gasteiger charge is -2.29. The Bertz CT molecular complexity index is 1250. The molecule has 4 rings (SSSR count). The third kappa shape index (κ3) is 5.66. The molecule has 0 spiro atoms. The number of para-hydroxylation sites is 1. The molecule has 2 heterocycles. The van der Waals surface area contributed by atoms with Gasteiger partial charge < -0.3 is 19.2 Å². The first-order chi connectivity index (χ1) is 16.9. The van der Waals surface area contributed by atoms with Crippen molar-refractivity contribution < 1.29 is 28.3 Å². The summed E-state index contributed by atoms with van der Waals surface area (Å²) in [6.45, 7) is 3.60. The summed E-state index contributed by atoms with van der Waals surface area (Å²) >= 11 is 6.08. The molecule has 0 fully saturated rings. The first kappa shape index (κ1) is 24.3. The zero-order valence-electron chi connectivity index (χ0n) is 19.4. The van der Waals surface area contributed by atoms with Crippen molar-refractivity contribution in [1.29, 1.82) is 0 Å². The Hall–Kier alpha value is -3.78. The molecule has 9 heteroatoms. The predicted octanol–water partition coefficient (Wildman–Crippen LogP) is 4.65. The fourth-order valence-electron chi connectivity index (χ4n) is 3.48. The lowest BCUT2D eigenvalue weighted by molar-refractivity contribution is -0.121. The zero-order valence-corrected chi connectivity index (χ0v) is 20.1.